The molecule has 0 radical (unpaired) electrons. The minimum atomic E-state index is -0.427. The largest absolute Gasteiger partial charge is 0.285 e. The fraction of sp³-hybridized carbons (Fsp3) is 0. The molecule has 0 saturated carbocycles. The van der Waals surface area contributed by atoms with Crippen molar-refractivity contribution in [2.45, 2.75) is 0 Å². The monoisotopic (exact) mass is 586 g/mol. The quantitative estimate of drug-likeness (QED) is 0.152. The van der Waals surface area contributed by atoms with E-state index in [-0.39, 0.29) is 0 Å². The van der Waals surface area contributed by atoms with Crippen LogP contribution in [0.1, 0.15) is 20.7 Å². The van der Waals surface area contributed by atoms with E-state index in [1.165, 1.54) is 0 Å². The second-order valence-corrected chi connectivity index (χ2v) is 11.9. The second-order valence-electron chi connectivity index (χ2n) is 11.9. The van der Waals surface area contributed by atoms with Crippen LogP contribution in [-0.2, 0) is 0 Å². The molecule has 2 aliphatic rings. The highest BCUT2D eigenvalue weighted by atomic mass is 16.2. The van der Waals surface area contributed by atoms with E-state index < -0.39 is 11.6 Å². The van der Waals surface area contributed by atoms with Gasteiger partial charge in [-0.3, -0.25) is 9.59 Å². The number of Topliss-reactive ketones (excluding diaryl/α,β-unsaturated/α-hetero) is 2. The first kappa shape index (κ1) is 26.3. The molecule has 2 aliphatic carbocycles. The molecule has 2 heteroatoms. The van der Waals surface area contributed by atoms with Crippen molar-refractivity contribution in [3.05, 3.63) is 169 Å². The first-order valence-corrected chi connectivity index (χ1v) is 15.5. The maximum atomic E-state index is 13.9. The van der Waals surface area contributed by atoms with Gasteiger partial charge in [-0.2, -0.15) is 0 Å². The Morgan fingerprint density at radius 1 is 0.239 bits per heavy atom. The lowest BCUT2D eigenvalue weighted by Crippen LogP contribution is -2.23. The normalized spacial score (nSPS) is 12.4. The number of hydrogen-bond acceptors (Lipinski definition) is 2. The molecule has 0 aliphatic heterocycles. The number of ketones is 2. The average Bonchev–Trinajstić information content (AvgIpc) is 3.13. The maximum Gasteiger partial charge on any atom is 0.234 e. The molecule has 2 nitrogen and oxygen atoms in total. The summed E-state index contributed by atoms with van der Waals surface area (Å²) in [5.74, 6) is -0.854. The third-order valence-corrected chi connectivity index (χ3v) is 9.40. The first-order chi connectivity index (χ1) is 22.7. The van der Waals surface area contributed by atoms with E-state index in [0.717, 1.165) is 76.8 Å². The van der Waals surface area contributed by atoms with Gasteiger partial charge in [0.25, 0.3) is 0 Å². The van der Waals surface area contributed by atoms with Gasteiger partial charge in [0.2, 0.25) is 11.6 Å². The van der Waals surface area contributed by atoms with Crippen LogP contribution in [-0.4, -0.2) is 11.6 Å². The zero-order chi connectivity index (χ0) is 30.8. The zero-order valence-corrected chi connectivity index (χ0v) is 24.8. The van der Waals surface area contributed by atoms with Crippen molar-refractivity contribution in [3.63, 3.8) is 0 Å². The van der Waals surface area contributed by atoms with Gasteiger partial charge in [0.1, 0.15) is 0 Å². The highest BCUT2D eigenvalue weighted by Gasteiger charge is 2.37. The number of fused-ring (bicyclic) bond motifs is 2. The van der Waals surface area contributed by atoms with Crippen LogP contribution in [0, 0.1) is 0 Å². The summed E-state index contributed by atoms with van der Waals surface area (Å²) in [6.45, 7) is 0. The van der Waals surface area contributed by atoms with Gasteiger partial charge in [-0.05, 0) is 66.1 Å². The predicted octanol–water partition coefficient (Wildman–Crippen LogP) is 11.2. The minimum Gasteiger partial charge on any atom is -0.285 e. The van der Waals surface area contributed by atoms with Crippen LogP contribution in [0.4, 0.5) is 0 Å². The predicted molar refractivity (Wildman–Crippen MR) is 189 cm³/mol. The summed E-state index contributed by atoms with van der Waals surface area (Å²) >= 11 is 0. The third-order valence-electron chi connectivity index (χ3n) is 9.40. The number of benzene rings is 8. The van der Waals surface area contributed by atoms with Gasteiger partial charge in [0, 0.05) is 21.9 Å². The zero-order valence-electron chi connectivity index (χ0n) is 24.8. The molecule has 0 fully saturated rings. The van der Waals surface area contributed by atoms with Crippen molar-refractivity contribution in [2.24, 2.45) is 0 Å². The molecular weight excluding hydrogens is 560 g/mol. The smallest absolute Gasteiger partial charge is 0.234 e. The standard InChI is InChI=1S/C44H26O2/c45-43-39-35-17-9-10-18-36(35)40(44(43)46)42-38(32-25-21-30(22-26-32)28-13-5-2-6-14-28)34-16-8-7-15-33(34)37(41(39)42)31-23-19-29(20-24-31)27-11-3-1-4-12-27/h1-26H. The summed E-state index contributed by atoms with van der Waals surface area (Å²) in [7, 11) is 0. The van der Waals surface area contributed by atoms with Gasteiger partial charge >= 0.3 is 0 Å². The van der Waals surface area contributed by atoms with Crippen molar-refractivity contribution in [3.8, 4) is 44.5 Å². The Morgan fingerprint density at radius 3 is 0.848 bits per heavy atom. The Balaban J connectivity index is 1.41. The summed E-state index contributed by atoms with van der Waals surface area (Å²) < 4.78 is 0. The molecule has 0 atom stereocenters. The Bertz CT molecular complexity index is 2330. The molecule has 10 rings (SSSR count). The maximum absolute atomic E-state index is 13.9. The number of carbonyl (C=O) groups is 2. The molecular formula is C44H26O2. The number of carbonyl (C=O) groups excluding carboxylic acids is 2. The van der Waals surface area contributed by atoms with Crippen molar-refractivity contribution in [1.82, 2.24) is 0 Å². The third kappa shape index (κ3) is 3.84. The molecule has 0 heterocycles. The topological polar surface area (TPSA) is 34.1 Å². The Morgan fingerprint density at radius 2 is 0.500 bits per heavy atom. The van der Waals surface area contributed by atoms with Crippen molar-refractivity contribution in [2.75, 3.05) is 0 Å². The van der Waals surface area contributed by atoms with E-state index in [0.29, 0.717) is 11.1 Å². The summed E-state index contributed by atoms with van der Waals surface area (Å²) in [5.41, 5.74) is 9.53. The Labute approximate surface area is 266 Å². The van der Waals surface area contributed by atoms with Crippen LogP contribution in [0.15, 0.2) is 158 Å². The van der Waals surface area contributed by atoms with Crippen molar-refractivity contribution < 1.29 is 9.59 Å². The van der Waals surface area contributed by atoms with E-state index in [2.05, 4.69) is 97.1 Å². The molecule has 8 aromatic rings. The van der Waals surface area contributed by atoms with Gasteiger partial charge < -0.3 is 0 Å². The second kappa shape index (κ2) is 10.2. The highest BCUT2D eigenvalue weighted by molar-refractivity contribution is 6.61. The van der Waals surface area contributed by atoms with Crippen LogP contribution in [0.3, 0.4) is 0 Å². The Kier molecular flexibility index (Phi) is 5.84. The van der Waals surface area contributed by atoms with E-state index in [4.69, 9.17) is 0 Å². The van der Waals surface area contributed by atoms with E-state index >= 15 is 0 Å². The molecule has 214 valence electrons. The van der Waals surface area contributed by atoms with Gasteiger partial charge in [0.05, 0.1) is 0 Å². The van der Waals surface area contributed by atoms with Crippen LogP contribution in [0.5, 0.6) is 0 Å². The van der Waals surface area contributed by atoms with Crippen molar-refractivity contribution >= 4 is 43.9 Å². The fourth-order valence-corrected chi connectivity index (χ4v) is 7.35. The molecule has 0 amide bonds. The van der Waals surface area contributed by atoms with Crippen LogP contribution in [0.2, 0.25) is 0 Å². The summed E-state index contributed by atoms with van der Waals surface area (Å²) in [6.07, 6.45) is 0. The molecule has 0 saturated heterocycles. The Hall–Kier alpha value is -6.12. The van der Waals surface area contributed by atoms with Crippen LogP contribution < -0.4 is 0 Å². The van der Waals surface area contributed by atoms with Crippen LogP contribution >= 0.6 is 0 Å². The lowest BCUT2D eigenvalue weighted by Gasteiger charge is -2.27. The molecule has 46 heavy (non-hydrogen) atoms. The molecule has 0 spiro atoms. The lowest BCUT2D eigenvalue weighted by atomic mass is 9.74. The van der Waals surface area contributed by atoms with E-state index in [9.17, 15) is 9.59 Å². The van der Waals surface area contributed by atoms with E-state index in [1.54, 1.807) is 0 Å². The number of rotatable bonds is 4. The highest BCUT2D eigenvalue weighted by Crippen LogP contribution is 2.51. The van der Waals surface area contributed by atoms with Gasteiger partial charge in [0.15, 0.2) is 0 Å². The number of hydrogen-bond donors (Lipinski definition) is 0. The summed E-state index contributed by atoms with van der Waals surface area (Å²) in [4.78, 5) is 27.8. The molecule has 8 aromatic carbocycles. The molecule has 0 N–H and O–H groups in total. The minimum absolute atomic E-state index is 0.427. The first-order valence-electron chi connectivity index (χ1n) is 15.5. The SMILES string of the molecule is O=C1C(=O)c2c3ccccc3c1c1c(-c3ccc(-c4ccccc4)cc3)c3ccccc3c(-c3ccc(-c4ccccc4)cc3)c21. The fourth-order valence-electron chi connectivity index (χ4n) is 7.35. The summed E-state index contributed by atoms with van der Waals surface area (Å²) in [5, 5.41) is 5.47. The van der Waals surface area contributed by atoms with E-state index in [1.807, 2.05) is 60.7 Å². The molecule has 0 unspecified atom stereocenters. The average molecular weight is 587 g/mol. The van der Waals surface area contributed by atoms with Crippen LogP contribution in [0.25, 0.3) is 76.8 Å². The van der Waals surface area contributed by atoms with Gasteiger partial charge in [-0.1, -0.05) is 158 Å². The lowest BCUT2D eigenvalue weighted by molar-refractivity contribution is 0.0818. The molecule has 2 bridgehead atoms. The summed E-state index contributed by atoms with van der Waals surface area (Å²) in [6, 6.07) is 54.0. The van der Waals surface area contributed by atoms with Crippen molar-refractivity contribution in [1.29, 1.82) is 0 Å². The van der Waals surface area contributed by atoms with Gasteiger partial charge in [-0.15, -0.1) is 0 Å². The van der Waals surface area contributed by atoms with Gasteiger partial charge in [-0.25, -0.2) is 0 Å². The molecule has 0 aromatic heterocycles.